The molecule has 0 saturated carbocycles. The van der Waals surface area contributed by atoms with Crippen molar-refractivity contribution in [3.63, 3.8) is 0 Å². The molecule has 37 heavy (non-hydrogen) atoms. The Morgan fingerprint density at radius 2 is 1.78 bits per heavy atom. The van der Waals surface area contributed by atoms with Crippen molar-refractivity contribution in [2.45, 2.75) is 12.3 Å². The molecule has 0 saturated heterocycles. The largest absolute Gasteiger partial charge is 0.507 e. The number of rotatable bonds is 4. The maximum absolute atomic E-state index is 13.7. The van der Waals surface area contributed by atoms with E-state index in [0.29, 0.717) is 47.0 Å². The number of carbonyl (C=O) groups is 2. The highest BCUT2D eigenvalue weighted by Gasteiger charge is 2.36. The van der Waals surface area contributed by atoms with Gasteiger partial charge in [-0.05, 0) is 64.6 Å². The molecule has 1 aliphatic carbocycles. The van der Waals surface area contributed by atoms with E-state index in [1.165, 1.54) is 0 Å². The number of nitrogens with two attached hydrogens (primary N) is 1. The number of anilines is 3. The van der Waals surface area contributed by atoms with Gasteiger partial charge in [-0.25, -0.2) is 0 Å². The average molecular weight is 510 g/mol. The number of amides is 2. The van der Waals surface area contributed by atoms with Gasteiger partial charge in [0.1, 0.15) is 5.75 Å². The molecule has 0 radical (unpaired) electrons. The average Bonchev–Trinajstić information content (AvgIpc) is 3.50. The number of hydrogen-bond acceptors (Lipinski definition) is 4. The van der Waals surface area contributed by atoms with Gasteiger partial charge in [-0.2, -0.15) is 0 Å². The second kappa shape index (κ2) is 8.98. The predicted octanol–water partition coefficient (Wildman–Crippen LogP) is 5.69. The molecule has 4 N–H and O–H groups in total. The number of aromatic hydroxyl groups is 1. The van der Waals surface area contributed by atoms with Gasteiger partial charge in [0.05, 0.1) is 5.69 Å². The zero-order valence-electron chi connectivity index (χ0n) is 19.9. The molecule has 2 aliphatic rings. The number of nitrogens with zero attached hydrogens (tertiary/aromatic N) is 1. The Morgan fingerprint density at radius 3 is 2.54 bits per heavy atom. The third kappa shape index (κ3) is 3.99. The van der Waals surface area contributed by atoms with Gasteiger partial charge in [0, 0.05) is 58.7 Å². The summed E-state index contributed by atoms with van der Waals surface area (Å²) in [4.78, 5) is 28.1. The van der Waals surface area contributed by atoms with Crippen LogP contribution in [0.1, 0.15) is 33.0 Å². The fraction of sp³-hybridized carbons (Fsp3) is 0.133. The molecule has 1 heterocycles. The lowest BCUT2D eigenvalue weighted by Crippen LogP contribution is -2.31. The lowest BCUT2D eigenvalue weighted by molar-refractivity contribution is -0.115. The standard InChI is InChI=1S/C30H24ClN3O3/c31-15-21-16-34(26-14-27(35)24-3-1-2-4-25(24)28(21)26)30(37)20-11-18-7-10-23(13-19(18)12-20)33-29(36)17-5-8-22(32)9-6-17/h1-10,12-14,21,35H,11,15-16,32H2,(H,33,36). The first-order valence-corrected chi connectivity index (χ1v) is 12.6. The zero-order chi connectivity index (χ0) is 25.7. The fourth-order valence-electron chi connectivity index (χ4n) is 5.31. The zero-order valence-corrected chi connectivity index (χ0v) is 20.6. The van der Waals surface area contributed by atoms with E-state index in [2.05, 4.69) is 5.32 Å². The Kier molecular flexibility index (Phi) is 5.61. The first-order valence-electron chi connectivity index (χ1n) is 12.1. The summed E-state index contributed by atoms with van der Waals surface area (Å²) in [7, 11) is 0. The van der Waals surface area contributed by atoms with Crippen molar-refractivity contribution in [3.8, 4) is 5.75 Å². The Hall–Kier alpha value is -4.29. The third-order valence-corrected chi connectivity index (χ3v) is 7.51. The summed E-state index contributed by atoms with van der Waals surface area (Å²) in [6.07, 6.45) is 2.38. The molecule has 0 fully saturated rings. The number of benzene rings is 4. The molecule has 6 nitrogen and oxygen atoms in total. The van der Waals surface area contributed by atoms with Crippen LogP contribution in [0.3, 0.4) is 0 Å². The number of carbonyl (C=O) groups excluding carboxylic acids is 2. The molecular formula is C30H24ClN3O3. The van der Waals surface area contributed by atoms with E-state index >= 15 is 0 Å². The molecule has 1 atom stereocenters. The Balaban J connectivity index is 1.27. The molecule has 4 aromatic carbocycles. The SMILES string of the molecule is Nc1ccc(C(=O)Nc2ccc3c(c2)C=C(C(=O)N2CC(CCl)c4c2cc(O)c2ccccc42)C3)cc1. The molecule has 2 amide bonds. The molecule has 0 bridgehead atoms. The van der Waals surface area contributed by atoms with Crippen LogP contribution in [0.15, 0.2) is 78.4 Å². The minimum atomic E-state index is -0.231. The maximum atomic E-state index is 13.7. The van der Waals surface area contributed by atoms with Crippen molar-refractivity contribution in [1.82, 2.24) is 0 Å². The fourth-order valence-corrected chi connectivity index (χ4v) is 5.56. The lowest BCUT2D eigenvalue weighted by Gasteiger charge is -2.19. The summed E-state index contributed by atoms with van der Waals surface area (Å²) in [6.45, 7) is 0.460. The second-order valence-electron chi connectivity index (χ2n) is 9.48. The van der Waals surface area contributed by atoms with Gasteiger partial charge in [-0.3, -0.25) is 9.59 Å². The smallest absolute Gasteiger partial charge is 0.255 e. The summed E-state index contributed by atoms with van der Waals surface area (Å²) >= 11 is 6.33. The number of phenolic OH excluding ortho intramolecular Hbond substituents is 1. The molecule has 1 aliphatic heterocycles. The van der Waals surface area contributed by atoms with Gasteiger partial charge in [0.15, 0.2) is 0 Å². The number of nitrogens with one attached hydrogen (secondary N) is 1. The number of hydrogen-bond donors (Lipinski definition) is 3. The Labute approximate surface area is 219 Å². The summed E-state index contributed by atoms with van der Waals surface area (Å²) in [5.74, 6) is 0.165. The summed E-state index contributed by atoms with van der Waals surface area (Å²) in [6, 6.07) is 21.7. The highest BCUT2D eigenvalue weighted by Crippen LogP contribution is 2.46. The van der Waals surface area contributed by atoms with Crippen molar-refractivity contribution >= 4 is 57.3 Å². The van der Waals surface area contributed by atoms with Crippen molar-refractivity contribution in [2.24, 2.45) is 0 Å². The van der Waals surface area contributed by atoms with Gasteiger partial charge < -0.3 is 21.1 Å². The van der Waals surface area contributed by atoms with Gasteiger partial charge in [0.2, 0.25) is 0 Å². The van der Waals surface area contributed by atoms with Crippen LogP contribution in [0.4, 0.5) is 17.1 Å². The quantitative estimate of drug-likeness (QED) is 0.243. The molecule has 4 aromatic rings. The van der Waals surface area contributed by atoms with E-state index in [-0.39, 0.29) is 23.5 Å². The second-order valence-corrected chi connectivity index (χ2v) is 9.79. The molecular weight excluding hydrogens is 486 g/mol. The first kappa shape index (κ1) is 23.1. The minimum Gasteiger partial charge on any atom is -0.507 e. The molecule has 6 rings (SSSR count). The van der Waals surface area contributed by atoms with Crippen LogP contribution in [0.25, 0.3) is 16.8 Å². The van der Waals surface area contributed by atoms with Gasteiger partial charge in [-0.15, -0.1) is 11.6 Å². The molecule has 0 aromatic heterocycles. The highest BCUT2D eigenvalue weighted by molar-refractivity contribution is 6.19. The highest BCUT2D eigenvalue weighted by atomic mass is 35.5. The number of alkyl halides is 1. The van der Waals surface area contributed by atoms with E-state index < -0.39 is 0 Å². The summed E-state index contributed by atoms with van der Waals surface area (Å²) in [5, 5.41) is 15.3. The van der Waals surface area contributed by atoms with Crippen molar-refractivity contribution in [3.05, 3.63) is 101 Å². The van der Waals surface area contributed by atoms with Crippen LogP contribution in [-0.4, -0.2) is 29.3 Å². The number of phenols is 1. The minimum absolute atomic E-state index is 0.0225. The van der Waals surface area contributed by atoms with E-state index in [1.807, 2.05) is 48.5 Å². The number of halogens is 1. The van der Waals surface area contributed by atoms with Gasteiger partial charge in [0.25, 0.3) is 11.8 Å². The predicted molar refractivity (Wildman–Crippen MR) is 148 cm³/mol. The molecule has 1 unspecified atom stereocenters. The topological polar surface area (TPSA) is 95.7 Å². The summed E-state index contributed by atoms with van der Waals surface area (Å²) in [5.41, 5.74) is 11.7. The molecule has 0 spiro atoms. The summed E-state index contributed by atoms with van der Waals surface area (Å²) < 4.78 is 0. The number of fused-ring (bicyclic) bond motifs is 4. The van der Waals surface area contributed by atoms with Crippen molar-refractivity contribution in [1.29, 1.82) is 0 Å². The van der Waals surface area contributed by atoms with Gasteiger partial charge in [-0.1, -0.05) is 30.3 Å². The molecule has 184 valence electrons. The van der Waals surface area contributed by atoms with Crippen molar-refractivity contribution < 1.29 is 14.7 Å². The first-order chi connectivity index (χ1) is 17.9. The number of nitrogen functional groups attached to an aromatic ring is 1. The van der Waals surface area contributed by atoms with E-state index in [4.69, 9.17) is 17.3 Å². The monoisotopic (exact) mass is 509 g/mol. The normalized spacial score (nSPS) is 15.9. The maximum Gasteiger partial charge on any atom is 0.255 e. The van der Waals surface area contributed by atoms with Crippen molar-refractivity contribution in [2.75, 3.05) is 28.4 Å². The van der Waals surface area contributed by atoms with Crippen LogP contribution in [0, 0.1) is 0 Å². The third-order valence-electron chi connectivity index (χ3n) is 7.14. The Bertz CT molecular complexity index is 1610. The van der Waals surface area contributed by atoms with Crippen LogP contribution in [0.5, 0.6) is 5.75 Å². The van der Waals surface area contributed by atoms with E-state index in [0.717, 1.165) is 27.5 Å². The van der Waals surface area contributed by atoms with Crippen LogP contribution in [0.2, 0.25) is 0 Å². The molecule has 7 heteroatoms. The lowest BCUT2D eigenvalue weighted by atomic mass is 9.95. The van der Waals surface area contributed by atoms with E-state index in [1.54, 1.807) is 35.2 Å². The van der Waals surface area contributed by atoms with Crippen LogP contribution in [-0.2, 0) is 11.2 Å². The van der Waals surface area contributed by atoms with Crippen LogP contribution < -0.4 is 16.0 Å². The van der Waals surface area contributed by atoms with Crippen LogP contribution >= 0.6 is 11.6 Å². The van der Waals surface area contributed by atoms with Gasteiger partial charge >= 0.3 is 0 Å². The van der Waals surface area contributed by atoms with E-state index in [9.17, 15) is 14.7 Å². The Morgan fingerprint density at radius 1 is 1.03 bits per heavy atom.